The third-order valence-corrected chi connectivity index (χ3v) is 8.56. The molecule has 0 spiro atoms. The van der Waals surface area contributed by atoms with Gasteiger partial charge in [0.1, 0.15) is 16.5 Å². The normalized spacial score (nSPS) is 30.7. The molecule has 1 saturated heterocycles. The van der Waals surface area contributed by atoms with E-state index >= 15 is 0 Å². The van der Waals surface area contributed by atoms with E-state index in [0.29, 0.717) is 18.5 Å². The lowest BCUT2D eigenvalue weighted by atomic mass is 9.89. The van der Waals surface area contributed by atoms with Gasteiger partial charge in [-0.1, -0.05) is 26.2 Å². The van der Waals surface area contributed by atoms with E-state index in [0.717, 1.165) is 44.2 Å². The average molecular weight is 427 g/mol. The number of benzene rings is 1. The van der Waals surface area contributed by atoms with Crippen LogP contribution in [0.5, 0.6) is 0 Å². The van der Waals surface area contributed by atoms with Crippen molar-refractivity contribution in [3.8, 4) is 0 Å². The number of nitrogens with zero attached hydrogens (tertiary/aromatic N) is 1. The molecule has 3 aliphatic rings. The van der Waals surface area contributed by atoms with Crippen LogP contribution in [0.15, 0.2) is 23.1 Å². The first-order chi connectivity index (χ1) is 13.8. The summed E-state index contributed by atoms with van der Waals surface area (Å²) in [5, 5.41) is 0. The number of hydrogen-bond acceptors (Lipinski definition) is 3. The Bertz CT molecular complexity index is 886. The molecule has 0 aromatic heterocycles. The van der Waals surface area contributed by atoms with E-state index in [9.17, 15) is 22.0 Å². The minimum Gasteiger partial charge on any atom is -0.336 e. The summed E-state index contributed by atoms with van der Waals surface area (Å²) in [7, 11) is -4.09. The summed E-state index contributed by atoms with van der Waals surface area (Å²) in [6.45, 7) is 2.26. The van der Waals surface area contributed by atoms with Gasteiger partial charge < -0.3 is 4.90 Å². The summed E-state index contributed by atoms with van der Waals surface area (Å²) < 4.78 is 54.6. The molecule has 3 fully saturated rings. The zero-order chi connectivity index (χ0) is 20.8. The second kappa shape index (κ2) is 7.95. The van der Waals surface area contributed by atoms with Crippen LogP contribution in [0.1, 0.15) is 51.9 Å². The fourth-order valence-corrected chi connectivity index (χ4v) is 6.83. The van der Waals surface area contributed by atoms with Crippen LogP contribution in [0.2, 0.25) is 0 Å². The average Bonchev–Trinajstić information content (AvgIpc) is 3.13. The molecule has 2 saturated carbocycles. The summed E-state index contributed by atoms with van der Waals surface area (Å²) in [6.07, 6.45) is 7.01. The van der Waals surface area contributed by atoms with Crippen LogP contribution in [-0.4, -0.2) is 37.9 Å². The Kier molecular flexibility index (Phi) is 5.68. The van der Waals surface area contributed by atoms with Crippen molar-refractivity contribution in [1.82, 2.24) is 9.62 Å². The van der Waals surface area contributed by atoms with Crippen LogP contribution in [0.4, 0.5) is 8.78 Å². The van der Waals surface area contributed by atoms with Crippen LogP contribution >= 0.6 is 0 Å². The van der Waals surface area contributed by atoms with Crippen LogP contribution in [0.3, 0.4) is 0 Å². The van der Waals surface area contributed by atoms with Crippen molar-refractivity contribution >= 4 is 15.9 Å². The SMILES string of the molecule is C[C@H]1C[C@@H]2[C@@H](CC(=O)N2C2CCCCC2)[C@@H]1CNS(=O)(=O)c1ccc(F)cc1F. The Morgan fingerprint density at radius 1 is 1.17 bits per heavy atom. The van der Waals surface area contributed by atoms with Crippen molar-refractivity contribution in [2.45, 2.75) is 68.8 Å². The van der Waals surface area contributed by atoms with Gasteiger partial charge in [-0.2, -0.15) is 0 Å². The molecule has 1 aromatic carbocycles. The molecule has 0 unspecified atom stereocenters. The topological polar surface area (TPSA) is 66.5 Å². The number of likely N-dealkylation sites (tertiary alicyclic amines) is 1. The minimum absolute atomic E-state index is 0.0239. The summed E-state index contributed by atoms with van der Waals surface area (Å²) >= 11 is 0. The number of sulfonamides is 1. The van der Waals surface area contributed by atoms with Crippen molar-refractivity contribution in [2.24, 2.45) is 17.8 Å². The fourth-order valence-electron chi connectivity index (χ4n) is 5.70. The molecule has 1 aliphatic heterocycles. The second-order valence-electron chi connectivity index (χ2n) is 8.83. The van der Waals surface area contributed by atoms with Crippen molar-refractivity contribution in [1.29, 1.82) is 0 Å². The predicted molar refractivity (Wildman–Crippen MR) is 104 cm³/mol. The maximum Gasteiger partial charge on any atom is 0.243 e. The van der Waals surface area contributed by atoms with Gasteiger partial charge in [0.25, 0.3) is 0 Å². The fraction of sp³-hybridized carbons (Fsp3) is 0.667. The monoisotopic (exact) mass is 426 g/mol. The first-order valence-electron chi connectivity index (χ1n) is 10.5. The van der Waals surface area contributed by atoms with E-state index in [1.807, 2.05) is 0 Å². The lowest BCUT2D eigenvalue weighted by molar-refractivity contribution is -0.132. The van der Waals surface area contributed by atoms with E-state index in [-0.39, 0.29) is 36.2 Å². The molecule has 1 N–H and O–H groups in total. The van der Waals surface area contributed by atoms with Gasteiger partial charge in [-0.3, -0.25) is 4.79 Å². The zero-order valence-corrected chi connectivity index (χ0v) is 17.4. The number of nitrogens with one attached hydrogen (secondary N) is 1. The number of amides is 1. The van der Waals surface area contributed by atoms with Gasteiger partial charge in [-0.05, 0) is 49.1 Å². The van der Waals surface area contributed by atoms with Gasteiger partial charge in [0.15, 0.2) is 0 Å². The van der Waals surface area contributed by atoms with Crippen LogP contribution in [0, 0.1) is 29.4 Å². The Labute approximate surface area is 170 Å². The molecule has 1 amide bonds. The standard InChI is InChI=1S/C21H28F2N2O3S/c1-13-9-19-16(11-21(26)25(19)15-5-3-2-4-6-15)17(13)12-24-29(27,28)20-8-7-14(22)10-18(20)23/h7-8,10,13,15-17,19,24H,2-6,9,11-12H2,1H3/t13-,16-,17+,19+/m0/s1. The highest BCUT2D eigenvalue weighted by molar-refractivity contribution is 7.89. The van der Waals surface area contributed by atoms with Crippen molar-refractivity contribution < 1.29 is 22.0 Å². The molecule has 5 nitrogen and oxygen atoms in total. The number of rotatable bonds is 5. The van der Waals surface area contributed by atoms with E-state index in [2.05, 4.69) is 16.5 Å². The Balaban J connectivity index is 1.46. The molecule has 1 heterocycles. The van der Waals surface area contributed by atoms with Gasteiger partial charge in [0.05, 0.1) is 0 Å². The molecule has 4 rings (SSSR count). The van der Waals surface area contributed by atoms with Crippen molar-refractivity contribution in [2.75, 3.05) is 6.54 Å². The van der Waals surface area contributed by atoms with Crippen LogP contribution < -0.4 is 4.72 Å². The van der Waals surface area contributed by atoms with E-state index < -0.39 is 26.6 Å². The second-order valence-corrected chi connectivity index (χ2v) is 10.6. The number of halogens is 2. The van der Waals surface area contributed by atoms with Crippen molar-refractivity contribution in [3.63, 3.8) is 0 Å². The van der Waals surface area contributed by atoms with E-state index in [1.54, 1.807) is 0 Å². The van der Waals surface area contributed by atoms with E-state index in [1.165, 1.54) is 6.42 Å². The van der Waals surface area contributed by atoms with Gasteiger partial charge in [-0.25, -0.2) is 21.9 Å². The first kappa shape index (κ1) is 20.7. The van der Waals surface area contributed by atoms with Gasteiger partial charge >= 0.3 is 0 Å². The molecular formula is C21H28F2N2O3S. The third kappa shape index (κ3) is 3.93. The highest BCUT2D eigenvalue weighted by Crippen LogP contribution is 2.47. The molecule has 8 heteroatoms. The quantitative estimate of drug-likeness (QED) is 0.784. The maximum atomic E-state index is 13.9. The molecule has 160 valence electrons. The maximum absolute atomic E-state index is 13.9. The Hall–Kier alpha value is -1.54. The molecule has 0 bridgehead atoms. The Morgan fingerprint density at radius 2 is 1.90 bits per heavy atom. The highest BCUT2D eigenvalue weighted by Gasteiger charge is 2.52. The Morgan fingerprint density at radius 3 is 2.59 bits per heavy atom. The van der Waals surface area contributed by atoms with Gasteiger partial charge in [0.2, 0.25) is 15.9 Å². The lowest BCUT2D eigenvalue weighted by Gasteiger charge is -2.35. The summed E-state index contributed by atoms with van der Waals surface area (Å²) in [5.74, 6) is -1.31. The van der Waals surface area contributed by atoms with Crippen molar-refractivity contribution in [3.05, 3.63) is 29.8 Å². The number of carbonyl (C=O) groups is 1. The summed E-state index contributed by atoms with van der Waals surface area (Å²) in [5.41, 5.74) is 0. The molecule has 0 radical (unpaired) electrons. The molecule has 29 heavy (non-hydrogen) atoms. The number of hydrogen-bond donors (Lipinski definition) is 1. The molecule has 2 aliphatic carbocycles. The smallest absolute Gasteiger partial charge is 0.243 e. The first-order valence-corrected chi connectivity index (χ1v) is 12.0. The highest BCUT2D eigenvalue weighted by atomic mass is 32.2. The lowest BCUT2D eigenvalue weighted by Crippen LogP contribution is -2.43. The number of carbonyl (C=O) groups excluding carboxylic acids is 1. The van der Waals surface area contributed by atoms with E-state index in [4.69, 9.17) is 0 Å². The third-order valence-electron chi connectivity index (χ3n) is 7.10. The largest absolute Gasteiger partial charge is 0.336 e. The summed E-state index contributed by atoms with van der Waals surface area (Å²) in [4.78, 5) is 14.3. The number of fused-ring (bicyclic) bond motifs is 1. The summed E-state index contributed by atoms with van der Waals surface area (Å²) in [6, 6.07) is 2.95. The van der Waals surface area contributed by atoms with Gasteiger partial charge in [-0.15, -0.1) is 0 Å². The van der Waals surface area contributed by atoms with Crippen LogP contribution in [-0.2, 0) is 14.8 Å². The zero-order valence-electron chi connectivity index (χ0n) is 16.6. The molecular weight excluding hydrogens is 398 g/mol. The molecule has 1 aromatic rings. The minimum atomic E-state index is -4.09. The predicted octanol–water partition coefficient (Wildman–Crippen LogP) is 3.45. The molecule has 4 atom stereocenters. The van der Waals surface area contributed by atoms with Crippen LogP contribution in [0.25, 0.3) is 0 Å². The van der Waals surface area contributed by atoms with Gasteiger partial charge in [0, 0.05) is 31.1 Å².